The molecule has 0 unspecified atom stereocenters. The van der Waals surface area contributed by atoms with Crippen LogP contribution < -0.4 is 10.6 Å². The van der Waals surface area contributed by atoms with Crippen LogP contribution in [0.4, 0.5) is 10.5 Å². The highest BCUT2D eigenvalue weighted by Gasteiger charge is 2.47. The smallest absolute Gasteiger partial charge is 0.321 e. The van der Waals surface area contributed by atoms with Gasteiger partial charge in [-0.15, -0.1) is 0 Å². The van der Waals surface area contributed by atoms with E-state index in [-0.39, 0.29) is 67.4 Å². The van der Waals surface area contributed by atoms with Gasteiger partial charge in [-0.25, -0.2) is 9.78 Å². The Morgan fingerprint density at radius 2 is 1.61 bits per heavy atom. The average molecular weight is 785 g/mol. The SMILES string of the molecule is CCC[C@H](CC(=O)[C@@H]1CN(C(=O)Nc2ccccc2)C[C@@H]1N(C)C(=O)[C@@H](CC(=O)[C@@H](NC(=O)c1cnccn1)C1CCCCC1)C(C)(C)C)C(=O)C(=O)CC1CC1. The van der Waals surface area contributed by atoms with Gasteiger partial charge in [0.1, 0.15) is 11.5 Å². The summed E-state index contributed by atoms with van der Waals surface area (Å²) in [6.45, 7) is 7.64. The van der Waals surface area contributed by atoms with Crippen molar-refractivity contribution in [1.29, 1.82) is 0 Å². The molecular weight excluding hydrogens is 725 g/mol. The number of rotatable bonds is 18. The van der Waals surface area contributed by atoms with Crippen molar-refractivity contribution in [1.82, 2.24) is 25.1 Å². The van der Waals surface area contributed by atoms with Crippen molar-refractivity contribution in [2.45, 2.75) is 117 Å². The van der Waals surface area contributed by atoms with E-state index >= 15 is 0 Å². The maximum atomic E-state index is 14.8. The molecule has 13 heteroatoms. The van der Waals surface area contributed by atoms with E-state index < -0.39 is 58.8 Å². The minimum atomic E-state index is -0.830. The number of carbonyl (C=O) groups excluding carboxylic acids is 7. The number of likely N-dealkylation sites (tertiary alicyclic amines) is 1. The number of likely N-dealkylation sites (N-methyl/N-ethyl adjacent to an activating group) is 1. The first-order valence-electron chi connectivity index (χ1n) is 20.7. The van der Waals surface area contributed by atoms with Crippen LogP contribution in [0.15, 0.2) is 48.9 Å². The second-order valence-electron chi connectivity index (χ2n) is 17.4. The summed E-state index contributed by atoms with van der Waals surface area (Å²) in [5.74, 6) is -4.61. The largest absolute Gasteiger partial charge is 0.341 e. The number of hydrogen-bond acceptors (Lipinski definition) is 9. The van der Waals surface area contributed by atoms with E-state index in [0.717, 1.165) is 44.9 Å². The zero-order valence-electron chi connectivity index (χ0n) is 34.2. The van der Waals surface area contributed by atoms with Gasteiger partial charge in [-0.05, 0) is 61.5 Å². The summed E-state index contributed by atoms with van der Waals surface area (Å²) in [6.07, 6.45) is 11.5. The summed E-state index contributed by atoms with van der Waals surface area (Å²) in [4.78, 5) is 108. The molecule has 1 aliphatic heterocycles. The first-order chi connectivity index (χ1) is 27.2. The summed E-state index contributed by atoms with van der Waals surface area (Å²) in [7, 11) is 1.61. The van der Waals surface area contributed by atoms with Crippen molar-refractivity contribution in [2.24, 2.45) is 35.0 Å². The van der Waals surface area contributed by atoms with E-state index in [2.05, 4.69) is 20.6 Å². The molecule has 3 fully saturated rings. The molecule has 0 radical (unpaired) electrons. The van der Waals surface area contributed by atoms with Crippen LogP contribution >= 0.6 is 0 Å². The van der Waals surface area contributed by atoms with E-state index in [1.54, 1.807) is 31.3 Å². The second-order valence-corrected chi connectivity index (χ2v) is 17.4. The number of ketones is 4. The number of Topliss-reactive ketones (excluding diaryl/α,β-unsaturated/α-hetero) is 4. The summed E-state index contributed by atoms with van der Waals surface area (Å²) in [6, 6.07) is 6.93. The molecule has 2 saturated carbocycles. The van der Waals surface area contributed by atoms with Gasteiger partial charge in [-0.1, -0.05) is 71.6 Å². The standard InChI is InChI=1S/C44H60N6O7/c1-6-13-30(40(54)38(53)22-28-18-19-28)23-36(51)32-26-50(43(57)47-31-16-11-8-12-17-31)27-35(32)49(5)42(56)33(44(2,3)4)24-37(52)39(29-14-9-7-10-15-29)48-41(55)34-25-45-20-21-46-34/h8,11-12,16-17,20-21,25,28-30,32-33,35,39H,6-7,9-10,13-15,18-19,22-24,26-27H2,1-5H3,(H,47,57)(H,48,55)/t30-,32-,33-,35+,39+/m1/s1. The third-order valence-corrected chi connectivity index (χ3v) is 12.1. The molecule has 0 bridgehead atoms. The highest BCUT2D eigenvalue weighted by atomic mass is 16.2. The number of nitrogens with zero attached hydrogens (tertiary/aromatic N) is 4. The fraction of sp³-hybridized carbons (Fsp3) is 0.614. The highest BCUT2D eigenvalue weighted by Crippen LogP contribution is 2.37. The van der Waals surface area contributed by atoms with Crippen LogP contribution in [0, 0.1) is 35.0 Å². The van der Waals surface area contributed by atoms with Crippen molar-refractivity contribution >= 4 is 46.7 Å². The summed E-state index contributed by atoms with van der Waals surface area (Å²) < 4.78 is 0. The molecule has 2 heterocycles. The summed E-state index contributed by atoms with van der Waals surface area (Å²) in [5.41, 5.74) is -0.0238. The lowest BCUT2D eigenvalue weighted by atomic mass is 9.73. The van der Waals surface area contributed by atoms with Gasteiger partial charge in [0.15, 0.2) is 11.6 Å². The molecule has 3 aliphatic rings. The number of carbonyl (C=O) groups is 7. The first-order valence-corrected chi connectivity index (χ1v) is 20.7. The molecule has 4 amide bonds. The molecule has 308 valence electrons. The van der Waals surface area contributed by atoms with Crippen LogP contribution in [0.1, 0.15) is 115 Å². The molecule has 5 atom stereocenters. The number of amides is 4. The molecule has 2 N–H and O–H groups in total. The number of nitrogens with one attached hydrogen (secondary N) is 2. The lowest BCUT2D eigenvalue weighted by Gasteiger charge is -2.38. The topological polar surface area (TPSA) is 176 Å². The van der Waals surface area contributed by atoms with Crippen molar-refractivity contribution in [3.8, 4) is 0 Å². The van der Waals surface area contributed by atoms with Gasteiger partial charge in [-0.2, -0.15) is 0 Å². The van der Waals surface area contributed by atoms with Crippen molar-refractivity contribution < 1.29 is 33.6 Å². The fourth-order valence-electron chi connectivity index (χ4n) is 8.43. The van der Waals surface area contributed by atoms with Crippen LogP contribution in [0.5, 0.6) is 0 Å². The second kappa shape index (κ2) is 19.6. The number of aromatic nitrogens is 2. The number of hydrogen-bond donors (Lipinski definition) is 2. The maximum Gasteiger partial charge on any atom is 0.321 e. The molecular formula is C44H60N6O7. The Balaban J connectivity index is 1.38. The third kappa shape index (κ3) is 11.6. The normalized spacial score (nSPS) is 20.2. The number of benzene rings is 1. The van der Waals surface area contributed by atoms with Gasteiger partial charge in [0, 0.05) is 69.3 Å². The number of para-hydroxylation sites is 1. The van der Waals surface area contributed by atoms with Gasteiger partial charge >= 0.3 is 6.03 Å². The quantitative estimate of drug-likeness (QED) is 0.170. The molecule has 1 aromatic heterocycles. The average Bonchev–Trinajstić information content (AvgIpc) is 3.91. The van der Waals surface area contributed by atoms with Crippen LogP contribution in [0.3, 0.4) is 0 Å². The van der Waals surface area contributed by atoms with Gasteiger partial charge in [0.2, 0.25) is 11.7 Å². The summed E-state index contributed by atoms with van der Waals surface area (Å²) in [5, 5.41) is 5.82. The molecule has 2 aliphatic carbocycles. The predicted octanol–water partition coefficient (Wildman–Crippen LogP) is 6.08. The maximum absolute atomic E-state index is 14.8. The Morgan fingerprint density at radius 3 is 2.23 bits per heavy atom. The zero-order chi connectivity index (χ0) is 41.3. The summed E-state index contributed by atoms with van der Waals surface area (Å²) >= 11 is 0. The molecule has 5 rings (SSSR count). The van der Waals surface area contributed by atoms with Gasteiger partial charge < -0.3 is 20.4 Å². The molecule has 1 aromatic carbocycles. The monoisotopic (exact) mass is 784 g/mol. The highest BCUT2D eigenvalue weighted by molar-refractivity contribution is 6.38. The fourth-order valence-corrected chi connectivity index (χ4v) is 8.43. The molecule has 13 nitrogen and oxygen atoms in total. The van der Waals surface area contributed by atoms with Crippen LogP contribution in [0.2, 0.25) is 0 Å². The Kier molecular flexibility index (Phi) is 14.9. The minimum Gasteiger partial charge on any atom is -0.341 e. The first kappa shape index (κ1) is 43.3. The number of urea groups is 1. The third-order valence-electron chi connectivity index (χ3n) is 12.1. The van der Waals surface area contributed by atoms with E-state index in [0.29, 0.717) is 18.5 Å². The lowest BCUT2D eigenvalue weighted by Crippen LogP contribution is -2.52. The minimum absolute atomic E-state index is 0.0140. The van der Waals surface area contributed by atoms with Crippen molar-refractivity contribution in [3.63, 3.8) is 0 Å². The van der Waals surface area contributed by atoms with Crippen LogP contribution in [0.25, 0.3) is 0 Å². The molecule has 0 spiro atoms. The molecule has 2 aromatic rings. The van der Waals surface area contributed by atoms with E-state index in [1.165, 1.54) is 28.4 Å². The number of anilines is 1. The Labute approximate surface area is 336 Å². The van der Waals surface area contributed by atoms with E-state index in [9.17, 15) is 33.6 Å². The zero-order valence-corrected chi connectivity index (χ0v) is 34.2. The Hall–Kier alpha value is -4.81. The Morgan fingerprint density at radius 1 is 0.912 bits per heavy atom. The van der Waals surface area contributed by atoms with E-state index in [1.807, 2.05) is 33.8 Å². The van der Waals surface area contributed by atoms with Crippen molar-refractivity contribution in [3.05, 3.63) is 54.6 Å². The van der Waals surface area contributed by atoms with E-state index in [4.69, 9.17) is 0 Å². The predicted molar refractivity (Wildman–Crippen MR) is 215 cm³/mol. The molecule has 1 saturated heterocycles. The van der Waals surface area contributed by atoms with Crippen molar-refractivity contribution in [2.75, 3.05) is 25.5 Å². The van der Waals surface area contributed by atoms with Crippen LogP contribution in [-0.2, 0) is 24.0 Å². The van der Waals surface area contributed by atoms with Gasteiger partial charge in [0.25, 0.3) is 5.91 Å². The van der Waals surface area contributed by atoms with Gasteiger partial charge in [-0.3, -0.25) is 33.8 Å². The lowest BCUT2D eigenvalue weighted by molar-refractivity contribution is -0.144. The van der Waals surface area contributed by atoms with Crippen LogP contribution in [-0.4, -0.2) is 93.0 Å². The van der Waals surface area contributed by atoms with Gasteiger partial charge in [0.05, 0.1) is 24.2 Å². The Bertz CT molecular complexity index is 1750. The molecule has 57 heavy (non-hydrogen) atoms.